The summed E-state index contributed by atoms with van der Waals surface area (Å²) in [6, 6.07) is 3.44. The van der Waals surface area contributed by atoms with Crippen LogP contribution in [0.3, 0.4) is 0 Å². The van der Waals surface area contributed by atoms with Gasteiger partial charge in [0.15, 0.2) is 17.2 Å². The molecule has 0 amide bonds. The Labute approximate surface area is 144 Å². The number of oxazole rings is 1. The third kappa shape index (κ3) is 2.46. The summed E-state index contributed by atoms with van der Waals surface area (Å²) in [6.07, 6.45) is 5.99. The van der Waals surface area contributed by atoms with E-state index in [4.69, 9.17) is 21.8 Å². The second-order valence-corrected chi connectivity index (χ2v) is 5.41. The zero-order chi connectivity index (χ0) is 17.6. The number of pyridine rings is 1. The Morgan fingerprint density at radius 2 is 2.08 bits per heavy atom. The first-order valence-corrected chi connectivity index (χ1v) is 7.36. The monoisotopic (exact) mass is 356 g/mol. The van der Waals surface area contributed by atoms with E-state index in [1.807, 2.05) is 0 Å². The van der Waals surface area contributed by atoms with Crippen molar-refractivity contribution in [3.8, 4) is 22.8 Å². The lowest BCUT2D eigenvalue weighted by molar-refractivity contribution is 0.0691. The zero-order valence-corrected chi connectivity index (χ0v) is 13.2. The second kappa shape index (κ2) is 5.56. The number of carboxylic acid groups (broad SMARTS) is 1. The van der Waals surface area contributed by atoms with Gasteiger partial charge in [0.05, 0.1) is 12.4 Å². The number of hydrogen-bond donors (Lipinski definition) is 2. The molecule has 0 aliphatic rings. The number of anilines is 1. The Morgan fingerprint density at radius 1 is 1.24 bits per heavy atom. The van der Waals surface area contributed by atoms with Crippen LogP contribution in [0.15, 0.2) is 41.4 Å². The van der Waals surface area contributed by atoms with E-state index in [9.17, 15) is 9.90 Å². The molecule has 124 valence electrons. The van der Waals surface area contributed by atoms with E-state index in [0.717, 1.165) is 0 Å². The molecule has 0 radical (unpaired) electrons. The van der Waals surface area contributed by atoms with Crippen LogP contribution >= 0.6 is 11.6 Å². The number of aromatic nitrogens is 5. The van der Waals surface area contributed by atoms with Crippen molar-refractivity contribution in [1.29, 1.82) is 0 Å². The summed E-state index contributed by atoms with van der Waals surface area (Å²) in [5, 5.41) is 9.68. The summed E-state index contributed by atoms with van der Waals surface area (Å²) in [6.45, 7) is 0. The minimum Gasteiger partial charge on any atom is -0.476 e. The molecule has 0 atom stereocenters. The van der Waals surface area contributed by atoms with E-state index in [1.54, 1.807) is 22.7 Å². The van der Waals surface area contributed by atoms with Gasteiger partial charge in [-0.3, -0.25) is 4.40 Å². The van der Waals surface area contributed by atoms with Crippen molar-refractivity contribution in [2.24, 2.45) is 0 Å². The summed E-state index contributed by atoms with van der Waals surface area (Å²) in [7, 11) is 0. The molecule has 4 rings (SSSR count). The average Bonchev–Trinajstić information content (AvgIpc) is 3.24. The lowest BCUT2D eigenvalue weighted by atomic mass is 10.1. The number of hydrogen-bond acceptors (Lipinski definition) is 7. The van der Waals surface area contributed by atoms with Crippen molar-refractivity contribution in [1.82, 2.24) is 24.3 Å². The summed E-state index contributed by atoms with van der Waals surface area (Å²) in [5.41, 5.74) is 7.01. The first-order valence-electron chi connectivity index (χ1n) is 6.98. The molecule has 4 heterocycles. The molecule has 0 spiro atoms. The fourth-order valence-electron chi connectivity index (χ4n) is 2.39. The van der Waals surface area contributed by atoms with Gasteiger partial charge in [-0.2, -0.15) is 0 Å². The summed E-state index contributed by atoms with van der Waals surface area (Å²) in [5.74, 6) is -1.35. The first kappa shape index (κ1) is 15.1. The maximum Gasteiger partial charge on any atom is 0.358 e. The molecule has 0 aromatic carbocycles. The highest BCUT2D eigenvalue weighted by molar-refractivity contribution is 6.29. The van der Waals surface area contributed by atoms with Gasteiger partial charge in [-0.1, -0.05) is 11.6 Å². The third-order valence-corrected chi connectivity index (χ3v) is 3.77. The van der Waals surface area contributed by atoms with Crippen LogP contribution in [0.4, 0.5) is 5.82 Å². The third-order valence-electron chi connectivity index (χ3n) is 3.49. The quantitative estimate of drug-likeness (QED) is 0.571. The summed E-state index contributed by atoms with van der Waals surface area (Å²) >= 11 is 6.10. The predicted molar refractivity (Wildman–Crippen MR) is 88.1 cm³/mol. The van der Waals surface area contributed by atoms with Crippen molar-refractivity contribution in [3.05, 3.63) is 47.8 Å². The van der Waals surface area contributed by atoms with Crippen LogP contribution in [-0.4, -0.2) is 35.4 Å². The van der Waals surface area contributed by atoms with E-state index < -0.39 is 5.97 Å². The van der Waals surface area contributed by atoms with Crippen LogP contribution < -0.4 is 5.73 Å². The molecular weight excluding hydrogens is 348 g/mol. The van der Waals surface area contributed by atoms with Crippen LogP contribution in [0, 0.1) is 0 Å². The molecular formula is C15H9ClN6O3. The highest BCUT2D eigenvalue weighted by Crippen LogP contribution is 2.30. The molecule has 9 nitrogen and oxygen atoms in total. The molecule has 4 aromatic heterocycles. The number of nitrogen functional groups attached to an aromatic ring is 1. The molecule has 0 aliphatic carbocycles. The molecule has 25 heavy (non-hydrogen) atoms. The molecule has 0 saturated heterocycles. The fourth-order valence-corrected chi connectivity index (χ4v) is 2.57. The number of nitrogens with zero attached hydrogens (tertiary/aromatic N) is 5. The highest BCUT2D eigenvalue weighted by atomic mass is 35.5. The van der Waals surface area contributed by atoms with Crippen molar-refractivity contribution >= 4 is 29.0 Å². The lowest BCUT2D eigenvalue weighted by Gasteiger charge is -2.09. The van der Waals surface area contributed by atoms with Gasteiger partial charge in [0.1, 0.15) is 22.8 Å². The number of rotatable bonds is 3. The number of halogens is 1. The molecule has 3 N–H and O–H groups in total. The summed E-state index contributed by atoms with van der Waals surface area (Å²) in [4.78, 5) is 27.8. The van der Waals surface area contributed by atoms with Crippen LogP contribution in [0.5, 0.6) is 0 Å². The van der Waals surface area contributed by atoms with Crippen LogP contribution in [0.25, 0.3) is 28.5 Å². The van der Waals surface area contributed by atoms with Gasteiger partial charge in [-0.05, 0) is 12.1 Å². The highest BCUT2D eigenvalue weighted by Gasteiger charge is 2.22. The van der Waals surface area contributed by atoms with E-state index in [0.29, 0.717) is 16.4 Å². The molecule has 0 bridgehead atoms. The Balaban J connectivity index is 2.01. The SMILES string of the molecule is Nc1nc(-c2ncco2)c(-c2ccc3ncc(Cl)n3c2)nc1C(=O)O. The fraction of sp³-hybridized carbons (Fsp3) is 0. The standard InChI is InChI=1S/C15H9ClN6O3/c16-8-5-19-9-2-1-7(6-22(8)9)10-11(14-18-3-4-25-14)21-13(17)12(20-10)15(23)24/h1-6H,(H2,17,21)(H,23,24). The molecule has 0 fully saturated rings. The number of aromatic carboxylic acids is 1. The Kier molecular flexibility index (Phi) is 3.36. The van der Waals surface area contributed by atoms with Gasteiger partial charge in [-0.15, -0.1) is 0 Å². The topological polar surface area (TPSA) is 132 Å². The number of carboxylic acids is 1. The maximum atomic E-state index is 11.4. The smallest absolute Gasteiger partial charge is 0.358 e. The Morgan fingerprint density at radius 3 is 2.80 bits per heavy atom. The van der Waals surface area contributed by atoms with Crippen LogP contribution in [0.2, 0.25) is 5.15 Å². The van der Waals surface area contributed by atoms with E-state index >= 15 is 0 Å². The van der Waals surface area contributed by atoms with Gasteiger partial charge in [0, 0.05) is 11.8 Å². The minimum atomic E-state index is -1.29. The number of nitrogens with two attached hydrogens (primary N) is 1. The van der Waals surface area contributed by atoms with Crippen LogP contribution in [0.1, 0.15) is 10.5 Å². The van der Waals surface area contributed by atoms with Crippen LogP contribution in [-0.2, 0) is 0 Å². The number of fused-ring (bicyclic) bond motifs is 1. The molecule has 0 aliphatic heterocycles. The molecule has 0 saturated carbocycles. The van der Waals surface area contributed by atoms with Gasteiger partial charge in [0.2, 0.25) is 5.89 Å². The van der Waals surface area contributed by atoms with Gasteiger partial charge >= 0.3 is 5.97 Å². The molecule has 4 aromatic rings. The second-order valence-electron chi connectivity index (χ2n) is 5.02. The lowest BCUT2D eigenvalue weighted by Crippen LogP contribution is -2.10. The largest absolute Gasteiger partial charge is 0.476 e. The van der Waals surface area contributed by atoms with Gasteiger partial charge < -0.3 is 15.3 Å². The van der Waals surface area contributed by atoms with Crippen molar-refractivity contribution in [2.75, 3.05) is 5.73 Å². The van der Waals surface area contributed by atoms with E-state index in [2.05, 4.69) is 19.9 Å². The molecule has 10 heteroatoms. The van der Waals surface area contributed by atoms with E-state index in [1.165, 1.54) is 18.7 Å². The zero-order valence-electron chi connectivity index (χ0n) is 12.4. The van der Waals surface area contributed by atoms with Crippen molar-refractivity contribution in [2.45, 2.75) is 0 Å². The Bertz CT molecular complexity index is 1110. The van der Waals surface area contributed by atoms with Crippen molar-refractivity contribution in [3.63, 3.8) is 0 Å². The predicted octanol–water partition coefficient (Wildman–Crippen LogP) is 2.38. The summed E-state index contributed by atoms with van der Waals surface area (Å²) < 4.78 is 6.91. The average molecular weight is 357 g/mol. The van der Waals surface area contributed by atoms with Crippen molar-refractivity contribution < 1.29 is 14.3 Å². The number of imidazole rings is 1. The normalized spacial score (nSPS) is 11.1. The maximum absolute atomic E-state index is 11.4. The minimum absolute atomic E-state index is 0.169. The Hall–Kier alpha value is -3.46. The van der Waals surface area contributed by atoms with E-state index in [-0.39, 0.29) is 28.8 Å². The van der Waals surface area contributed by atoms with Gasteiger partial charge in [0.25, 0.3) is 0 Å². The molecule has 0 unspecified atom stereocenters. The first-order chi connectivity index (χ1) is 12.0. The number of carbonyl (C=O) groups is 1. The van der Waals surface area contributed by atoms with Gasteiger partial charge in [-0.25, -0.2) is 24.7 Å².